The van der Waals surface area contributed by atoms with Crippen LogP contribution in [0.1, 0.15) is 31.3 Å². The molecule has 1 aromatic heterocycles. The highest BCUT2D eigenvalue weighted by Gasteiger charge is 2.17. The second-order valence-electron chi connectivity index (χ2n) is 4.71. The summed E-state index contributed by atoms with van der Waals surface area (Å²) in [5, 5.41) is 9.54. The maximum Gasteiger partial charge on any atom is 0.276 e. The average Bonchev–Trinajstić information content (AvgIpc) is 2.88. The van der Waals surface area contributed by atoms with Gasteiger partial charge in [-0.3, -0.25) is 0 Å². The Morgan fingerprint density at radius 2 is 1.95 bits per heavy atom. The normalized spacial score (nSPS) is 12.3. The Morgan fingerprint density at radius 1 is 1.24 bits per heavy atom. The number of hydrogen-bond acceptors (Lipinski definition) is 5. The van der Waals surface area contributed by atoms with Crippen molar-refractivity contribution < 1.29 is 4.42 Å². The molecule has 2 aromatic rings. The van der Waals surface area contributed by atoms with E-state index in [1.807, 2.05) is 26.0 Å². The van der Waals surface area contributed by atoms with Crippen molar-refractivity contribution in [2.24, 2.45) is 11.7 Å². The van der Waals surface area contributed by atoms with Crippen LogP contribution in [0.2, 0.25) is 10.0 Å². The molecule has 0 radical (unpaired) electrons. The van der Waals surface area contributed by atoms with Gasteiger partial charge in [0.25, 0.3) is 5.22 Å². The number of nitrogens with two attached hydrogens (primary N) is 1. The van der Waals surface area contributed by atoms with Gasteiger partial charge in [0.1, 0.15) is 0 Å². The molecule has 21 heavy (non-hydrogen) atoms. The van der Waals surface area contributed by atoms with Crippen LogP contribution >= 0.6 is 47.4 Å². The molecule has 0 spiro atoms. The third-order valence-corrected chi connectivity index (χ3v) is 4.40. The van der Waals surface area contributed by atoms with Gasteiger partial charge in [-0.2, -0.15) is 0 Å². The highest BCUT2D eigenvalue weighted by molar-refractivity contribution is 7.98. The smallest absolute Gasteiger partial charge is 0.276 e. The zero-order chi connectivity index (χ0) is 14.7. The lowest BCUT2D eigenvalue weighted by molar-refractivity contribution is 0.349. The van der Waals surface area contributed by atoms with Crippen molar-refractivity contribution in [2.75, 3.05) is 0 Å². The van der Waals surface area contributed by atoms with E-state index in [2.05, 4.69) is 10.2 Å². The van der Waals surface area contributed by atoms with Gasteiger partial charge >= 0.3 is 0 Å². The van der Waals surface area contributed by atoms with Crippen molar-refractivity contribution in [3.05, 3.63) is 39.7 Å². The summed E-state index contributed by atoms with van der Waals surface area (Å²) in [6.45, 7) is 4.02. The minimum absolute atomic E-state index is 0. The van der Waals surface area contributed by atoms with Crippen LogP contribution in [-0.4, -0.2) is 10.2 Å². The van der Waals surface area contributed by atoms with E-state index in [9.17, 15) is 0 Å². The number of benzene rings is 1. The molecule has 0 fully saturated rings. The average molecular weight is 369 g/mol. The van der Waals surface area contributed by atoms with Gasteiger partial charge in [-0.25, -0.2) is 0 Å². The van der Waals surface area contributed by atoms with Gasteiger partial charge in [-0.1, -0.05) is 54.9 Å². The minimum atomic E-state index is -0.234. The molecule has 0 aliphatic heterocycles. The molecule has 1 aromatic carbocycles. The first kappa shape index (κ1) is 18.6. The summed E-state index contributed by atoms with van der Waals surface area (Å²) in [5.74, 6) is 1.40. The van der Waals surface area contributed by atoms with Crippen LogP contribution in [0, 0.1) is 5.92 Å². The van der Waals surface area contributed by atoms with Crippen LogP contribution in [0.5, 0.6) is 0 Å². The van der Waals surface area contributed by atoms with Crippen LogP contribution in [0.3, 0.4) is 0 Å². The van der Waals surface area contributed by atoms with Gasteiger partial charge in [0, 0.05) is 5.75 Å². The summed E-state index contributed by atoms with van der Waals surface area (Å²) >= 11 is 13.3. The molecule has 0 bridgehead atoms. The Hall–Kier alpha value is -0.460. The summed E-state index contributed by atoms with van der Waals surface area (Å²) in [4.78, 5) is 0. The van der Waals surface area contributed by atoms with Gasteiger partial charge in [0.15, 0.2) is 0 Å². The summed E-state index contributed by atoms with van der Waals surface area (Å²) in [7, 11) is 0. The molecule has 0 aliphatic rings. The number of nitrogens with zero attached hydrogens (tertiary/aromatic N) is 2. The zero-order valence-corrected chi connectivity index (χ0v) is 14.7. The van der Waals surface area contributed by atoms with E-state index in [1.165, 1.54) is 11.8 Å². The highest BCUT2D eigenvalue weighted by atomic mass is 35.5. The quantitative estimate of drug-likeness (QED) is 0.772. The predicted molar refractivity (Wildman–Crippen MR) is 89.3 cm³/mol. The first-order chi connectivity index (χ1) is 9.47. The number of thioether (sulfide) groups is 1. The molecule has 0 saturated carbocycles. The molecule has 1 atom stereocenters. The van der Waals surface area contributed by atoms with Gasteiger partial charge in [0.05, 0.1) is 16.1 Å². The Bertz CT molecular complexity index is 592. The fraction of sp³-hybridized carbons (Fsp3) is 0.385. The first-order valence-electron chi connectivity index (χ1n) is 6.13. The van der Waals surface area contributed by atoms with E-state index in [4.69, 9.17) is 33.4 Å². The maximum atomic E-state index is 5.97. The third kappa shape index (κ3) is 5.04. The molecule has 116 valence electrons. The highest BCUT2D eigenvalue weighted by Crippen LogP contribution is 2.28. The Morgan fingerprint density at radius 3 is 2.57 bits per heavy atom. The van der Waals surface area contributed by atoms with Gasteiger partial charge in [-0.05, 0) is 23.6 Å². The van der Waals surface area contributed by atoms with Crippen LogP contribution < -0.4 is 5.73 Å². The Balaban J connectivity index is 0.00000220. The second kappa shape index (κ2) is 8.25. The van der Waals surface area contributed by atoms with E-state index in [-0.39, 0.29) is 24.4 Å². The molecule has 0 saturated heterocycles. The summed E-state index contributed by atoms with van der Waals surface area (Å²) in [6.07, 6.45) is 0. The monoisotopic (exact) mass is 367 g/mol. The molecule has 2 N–H and O–H groups in total. The first-order valence-corrected chi connectivity index (χ1v) is 7.87. The molecule has 0 amide bonds. The predicted octanol–water partition coefficient (Wildman–Crippen LogP) is 4.75. The molecule has 1 heterocycles. The summed E-state index contributed by atoms with van der Waals surface area (Å²) in [6, 6.07) is 5.28. The molecule has 2 rings (SSSR count). The number of hydrogen-bond donors (Lipinski definition) is 1. The third-order valence-electron chi connectivity index (χ3n) is 2.77. The van der Waals surface area contributed by atoms with Crippen molar-refractivity contribution in [3.63, 3.8) is 0 Å². The van der Waals surface area contributed by atoms with Crippen molar-refractivity contribution in [2.45, 2.75) is 30.9 Å². The second-order valence-corrected chi connectivity index (χ2v) is 6.45. The largest absolute Gasteiger partial charge is 0.414 e. The lowest BCUT2D eigenvalue weighted by Gasteiger charge is -2.09. The summed E-state index contributed by atoms with van der Waals surface area (Å²) in [5.41, 5.74) is 7.00. The topological polar surface area (TPSA) is 64.9 Å². The molecule has 4 nitrogen and oxygen atoms in total. The van der Waals surface area contributed by atoms with Crippen molar-refractivity contribution >= 4 is 47.4 Å². The van der Waals surface area contributed by atoms with E-state index in [0.717, 1.165) is 5.56 Å². The molecule has 8 heteroatoms. The minimum Gasteiger partial charge on any atom is -0.414 e. The fourth-order valence-corrected chi connectivity index (χ4v) is 2.51. The van der Waals surface area contributed by atoms with Crippen LogP contribution in [0.4, 0.5) is 0 Å². The van der Waals surface area contributed by atoms with Crippen LogP contribution in [-0.2, 0) is 5.75 Å². The number of aromatic nitrogens is 2. The van der Waals surface area contributed by atoms with E-state index in [1.54, 1.807) is 6.07 Å². The summed E-state index contributed by atoms with van der Waals surface area (Å²) < 4.78 is 5.54. The lowest BCUT2D eigenvalue weighted by atomic mass is 10.1. The van der Waals surface area contributed by atoms with Gasteiger partial charge in [-0.15, -0.1) is 22.6 Å². The molecule has 0 unspecified atom stereocenters. The van der Waals surface area contributed by atoms with E-state index < -0.39 is 0 Å². The Kier molecular flexibility index (Phi) is 7.30. The molecular formula is C13H16Cl3N3OS. The standard InChI is InChI=1S/C13H15Cl2N3OS.ClH/c1-7(2)11(16)12-17-18-13(19-12)20-6-8-3-4-9(14)10(15)5-8;/h3-5,7,11H,6,16H2,1-2H3;1H/t11-;/m0./s1. The van der Waals surface area contributed by atoms with Crippen LogP contribution in [0.25, 0.3) is 0 Å². The maximum absolute atomic E-state index is 5.97. The zero-order valence-electron chi connectivity index (χ0n) is 11.5. The Labute approximate surface area is 144 Å². The molecular weight excluding hydrogens is 353 g/mol. The SMILES string of the molecule is CC(C)[C@H](N)c1nnc(SCc2ccc(Cl)c(Cl)c2)o1.Cl. The van der Waals surface area contributed by atoms with Crippen molar-refractivity contribution in [1.82, 2.24) is 10.2 Å². The van der Waals surface area contributed by atoms with E-state index in [0.29, 0.717) is 26.9 Å². The lowest BCUT2D eigenvalue weighted by Crippen LogP contribution is -2.16. The van der Waals surface area contributed by atoms with E-state index >= 15 is 0 Å². The number of rotatable bonds is 5. The number of halogens is 3. The van der Waals surface area contributed by atoms with Crippen LogP contribution in [0.15, 0.2) is 27.8 Å². The van der Waals surface area contributed by atoms with Crippen molar-refractivity contribution in [3.8, 4) is 0 Å². The van der Waals surface area contributed by atoms with Gasteiger partial charge in [0.2, 0.25) is 5.89 Å². The van der Waals surface area contributed by atoms with Gasteiger partial charge < -0.3 is 10.2 Å². The molecule has 0 aliphatic carbocycles. The van der Waals surface area contributed by atoms with Crippen molar-refractivity contribution in [1.29, 1.82) is 0 Å². The fourth-order valence-electron chi connectivity index (χ4n) is 1.47.